The molecule has 0 atom stereocenters. The number of ether oxygens (including phenoxy) is 1. The molecule has 0 heterocycles. The van der Waals surface area contributed by atoms with Crippen molar-refractivity contribution in [3.63, 3.8) is 0 Å². The number of hydrogen-bond acceptors (Lipinski definition) is 3. The normalized spacial score (nSPS) is 11.1. The van der Waals surface area contributed by atoms with E-state index in [9.17, 15) is 9.90 Å². The molecule has 2 aromatic rings. The van der Waals surface area contributed by atoms with Gasteiger partial charge in [0.1, 0.15) is 0 Å². The number of aliphatic carboxylic acids is 1. The van der Waals surface area contributed by atoms with Crippen LogP contribution in [0.2, 0.25) is 0 Å². The lowest BCUT2D eigenvalue weighted by molar-refractivity contribution is -0.131. The predicted molar refractivity (Wildman–Crippen MR) is 78.2 cm³/mol. The Morgan fingerprint density at radius 3 is 2.75 bits per heavy atom. The van der Waals surface area contributed by atoms with Gasteiger partial charge in [-0.2, -0.15) is 0 Å². The van der Waals surface area contributed by atoms with Crippen molar-refractivity contribution in [3.05, 3.63) is 41.5 Å². The van der Waals surface area contributed by atoms with Crippen LogP contribution in [0.5, 0.6) is 11.5 Å². The third kappa shape index (κ3) is 2.45. The molecule has 0 fully saturated rings. The summed E-state index contributed by atoms with van der Waals surface area (Å²) in [7, 11) is 1.47. The molecular formula is C16H16O4. The molecule has 0 aliphatic carbocycles. The maximum atomic E-state index is 10.7. The van der Waals surface area contributed by atoms with Gasteiger partial charge in [0, 0.05) is 11.5 Å². The first-order valence-electron chi connectivity index (χ1n) is 6.31. The molecule has 0 aliphatic rings. The lowest BCUT2D eigenvalue weighted by Crippen LogP contribution is -1.93. The molecule has 0 saturated carbocycles. The van der Waals surface area contributed by atoms with Crippen LogP contribution in [0.1, 0.15) is 18.1 Å². The molecule has 0 radical (unpaired) electrons. The van der Waals surface area contributed by atoms with Crippen molar-refractivity contribution in [2.75, 3.05) is 7.11 Å². The average Bonchev–Trinajstić information content (AvgIpc) is 2.46. The number of rotatable bonds is 4. The molecular weight excluding hydrogens is 256 g/mol. The smallest absolute Gasteiger partial charge is 0.328 e. The zero-order valence-corrected chi connectivity index (χ0v) is 11.4. The van der Waals surface area contributed by atoms with Gasteiger partial charge in [-0.3, -0.25) is 0 Å². The fourth-order valence-corrected chi connectivity index (χ4v) is 2.30. The number of methoxy groups -OCH3 is 1. The Labute approximate surface area is 116 Å². The van der Waals surface area contributed by atoms with Crippen LogP contribution in [0.15, 0.2) is 30.3 Å². The van der Waals surface area contributed by atoms with E-state index in [1.807, 2.05) is 19.1 Å². The lowest BCUT2D eigenvalue weighted by atomic mass is 9.96. The molecule has 2 aromatic carbocycles. The van der Waals surface area contributed by atoms with Gasteiger partial charge in [-0.05, 0) is 35.1 Å². The van der Waals surface area contributed by atoms with Crippen LogP contribution in [0.3, 0.4) is 0 Å². The summed E-state index contributed by atoms with van der Waals surface area (Å²) in [4.78, 5) is 10.7. The van der Waals surface area contributed by atoms with Crippen molar-refractivity contribution in [3.8, 4) is 11.5 Å². The van der Waals surface area contributed by atoms with E-state index < -0.39 is 5.97 Å². The van der Waals surface area contributed by atoms with E-state index in [2.05, 4.69) is 0 Å². The fourth-order valence-electron chi connectivity index (χ4n) is 2.30. The third-order valence-electron chi connectivity index (χ3n) is 3.22. The number of fused-ring (bicyclic) bond motifs is 1. The highest BCUT2D eigenvalue weighted by Gasteiger charge is 2.13. The Kier molecular flexibility index (Phi) is 3.94. The summed E-state index contributed by atoms with van der Waals surface area (Å²) >= 11 is 0. The summed E-state index contributed by atoms with van der Waals surface area (Å²) in [6.45, 7) is 2.01. The minimum absolute atomic E-state index is 0.0743. The Hall–Kier alpha value is -2.49. The summed E-state index contributed by atoms with van der Waals surface area (Å²) in [5, 5.41) is 20.5. The minimum Gasteiger partial charge on any atom is -0.504 e. The number of carboxylic acids is 1. The summed E-state index contributed by atoms with van der Waals surface area (Å²) in [5.41, 5.74) is 1.76. The van der Waals surface area contributed by atoms with E-state index >= 15 is 0 Å². The van der Waals surface area contributed by atoms with Gasteiger partial charge in [0.05, 0.1) is 7.11 Å². The SMILES string of the molecule is CCc1cccc2c(O)c(OC)cc(/C=C/C(=O)O)c12. The van der Waals surface area contributed by atoms with Crippen molar-refractivity contribution >= 4 is 22.8 Å². The highest BCUT2D eigenvalue weighted by Crippen LogP contribution is 2.39. The van der Waals surface area contributed by atoms with Gasteiger partial charge in [0.2, 0.25) is 0 Å². The average molecular weight is 272 g/mol. The monoisotopic (exact) mass is 272 g/mol. The molecule has 0 aliphatic heterocycles. The van der Waals surface area contributed by atoms with Crippen molar-refractivity contribution in [2.45, 2.75) is 13.3 Å². The Bertz CT molecular complexity index is 686. The fraction of sp³-hybridized carbons (Fsp3) is 0.188. The Morgan fingerprint density at radius 2 is 2.15 bits per heavy atom. The minimum atomic E-state index is -1.01. The van der Waals surface area contributed by atoms with Crippen LogP contribution in [-0.2, 0) is 11.2 Å². The van der Waals surface area contributed by atoms with E-state index in [4.69, 9.17) is 9.84 Å². The van der Waals surface area contributed by atoms with E-state index in [1.54, 1.807) is 12.1 Å². The van der Waals surface area contributed by atoms with Crippen LogP contribution < -0.4 is 4.74 Å². The molecule has 0 amide bonds. The molecule has 4 nitrogen and oxygen atoms in total. The van der Waals surface area contributed by atoms with E-state index in [1.165, 1.54) is 13.2 Å². The van der Waals surface area contributed by atoms with Gasteiger partial charge in [-0.15, -0.1) is 0 Å². The first kappa shape index (κ1) is 13.9. The van der Waals surface area contributed by atoms with E-state index in [0.29, 0.717) is 11.1 Å². The summed E-state index contributed by atoms with van der Waals surface area (Å²) in [6, 6.07) is 7.28. The Balaban J connectivity index is 2.82. The molecule has 2 rings (SSSR count). The number of hydrogen-bond donors (Lipinski definition) is 2. The standard InChI is InChI=1S/C16H16O4/c1-3-10-5-4-6-12-15(10)11(7-8-14(17)18)9-13(20-2)16(12)19/h4-9,19H,3H2,1-2H3,(H,17,18)/b8-7+. The maximum absolute atomic E-state index is 10.7. The van der Waals surface area contributed by atoms with Crippen LogP contribution in [-0.4, -0.2) is 23.3 Å². The molecule has 20 heavy (non-hydrogen) atoms. The topological polar surface area (TPSA) is 66.8 Å². The number of carbonyl (C=O) groups is 1. The largest absolute Gasteiger partial charge is 0.504 e. The predicted octanol–water partition coefficient (Wildman–Crippen LogP) is 3.21. The molecule has 0 spiro atoms. The van der Waals surface area contributed by atoms with Crippen molar-refractivity contribution in [1.29, 1.82) is 0 Å². The van der Waals surface area contributed by atoms with Crippen LogP contribution in [0.25, 0.3) is 16.8 Å². The zero-order valence-electron chi connectivity index (χ0n) is 11.4. The van der Waals surface area contributed by atoms with Gasteiger partial charge in [0.15, 0.2) is 11.5 Å². The second kappa shape index (κ2) is 5.65. The second-order valence-corrected chi connectivity index (χ2v) is 4.38. The van der Waals surface area contributed by atoms with Gasteiger partial charge in [0.25, 0.3) is 0 Å². The van der Waals surface area contributed by atoms with Crippen LogP contribution in [0.4, 0.5) is 0 Å². The number of benzene rings is 2. The summed E-state index contributed by atoms with van der Waals surface area (Å²) < 4.78 is 5.14. The van der Waals surface area contributed by atoms with Crippen molar-refractivity contribution in [2.24, 2.45) is 0 Å². The molecule has 4 heteroatoms. The molecule has 0 saturated heterocycles. The summed E-state index contributed by atoms with van der Waals surface area (Å²) in [6.07, 6.45) is 3.39. The molecule has 104 valence electrons. The van der Waals surface area contributed by atoms with Crippen LogP contribution in [0, 0.1) is 0 Å². The number of phenolic OH excluding ortho intramolecular Hbond substituents is 1. The van der Waals surface area contributed by atoms with Crippen molar-refractivity contribution in [1.82, 2.24) is 0 Å². The molecule has 0 unspecified atom stereocenters. The Morgan fingerprint density at radius 1 is 1.40 bits per heavy atom. The number of phenols is 1. The third-order valence-corrected chi connectivity index (χ3v) is 3.22. The number of aryl methyl sites for hydroxylation is 1. The van der Waals surface area contributed by atoms with Gasteiger partial charge >= 0.3 is 5.97 Å². The van der Waals surface area contributed by atoms with Crippen molar-refractivity contribution < 1.29 is 19.7 Å². The summed E-state index contributed by atoms with van der Waals surface area (Å²) in [5.74, 6) is -0.611. The zero-order chi connectivity index (χ0) is 14.7. The van der Waals surface area contributed by atoms with Crippen LogP contribution >= 0.6 is 0 Å². The van der Waals surface area contributed by atoms with E-state index in [0.717, 1.165) is 29.0 Å². The first-order chi connectivity index (χ1) is 9.58. The van der Waals surface area contributed by atoms with Gasteiger partial charge in [-0.1, -0.05) is 25.1 Å². The van der Waals surface area contributed by atoms with E-state index in [-0.39, 0.29) is 5.75 Å². The lowest BCUT2D eigenvalue weighted by Gasteiger charge is -2.13. The quantitative estimate of drug-likeness (QED) is 0.839. The maximum Gasteiger partial charge on any atom is 0.328 e. The second-order valence-electron chi connectivity index (χ2n) is 4.38. The molecule has 0 aromatic heterocycles. The molecule has 0 bridgehead atoms. The van der Waals surface area contributed by atoms with Gasteiger partial charge in [-0.25, -0.2) is 4.79 Å². The van der Waals surface area contributed by atoms with Gasteiger partial charge < -0.3 is 14.9 Å². The number of carboxylic acid groups (broad SMARTS) is 1. The number of aromatic hydroxyl groups is 1. The first-order valence-corrected chi connectivity index (χ1v) is 6.31. The highest BCUT2D eigenvalue weighted by molar-refractivity contribution is 6.00. The highest BCUT2D eigenvalue weighted by atomic mass is 16.5. The molecule has 2 N–H and O–H groups in total.